The molecule has 2 rings (SSSR count). The highest BCUT2D eigenvalue weighted by molar-refractivity contribution is 5.79. The second-order valence-electron chi connectivity index (χ2n) is 5.69. The number of pyridine rings is 1. The summed E-state index contributed by atoms with van der Waals surface area (Å²) >= 11 is 0. The molecule has 0 unspecified atom stereocenters. The average Bonchev–Trinajstić information content (AvgIpc) is 2.35. The summed E-state index contributed by atoms with van der Waals surface area (Å²) in [6, 6.07) is 8.34. The van der Waals surface area contributed by atoms with Crippen LogP contribution in [0.15, 0.2) is 30.3 Å². The number of benzene rings is 1. The van der Waals surface area contributed by atoms with Crippen LogP contribution in [0, 0.1) is 5.82 Å². The van der Waals surface area contributed by atoms with Crippen molar-refractivity contribution in [3.05, 3.63) is 41.8 Å². The molecule has 1 heterocycles. The van der Waals surface area contributed by atoms with E-state index >= 15 is 0 Å². The number of aliphatic hydroxyl groups is 1. The van der Waals surface area contributed by atoms with Crippen molar-refractivity contribution in [1.82, 2.24) is 10.3 Å². The Kier molecular flexibility index (Phi) is 3.83. The molecule has 0 fully saturated rings. The van der Waals surface area contributed by atoms with Crippen molar-refractivity contribution in [1.29, 1.82) is 0 Å². The lowest BCUT2D eigenvalue weighted by atomic mass is 10.1. The van der Waals surface area contributed by atoms with Gasteiger partial charge in [0.1, 0.15) is 17.4 Å². The third-order valence-electron chi connectivity index (χ3n) is 2.86. The fourth-order valence-corrected chi connectivity index (χ4v) is 1.82. The second-order valence-corrected chi connectivity index (χ2v) is 5.69. The van der Waals surface area contributed by atoms with Crippen LogP contribution < -0.4 is 5.32 Å². The third kappa shape index (κ3) is 3.49. The molecule has 0 aliphatic carbocycles. The molecule has 19 heavy (non-hydrogen) atoms. The van der Waals surface area contributed by atoms with E-state index in [9.17, 15) is 9.50 Å². The lowest BCUT2D eigenvalue weighted by Gasteiger charge is -2.22. The molecule has 2 N–H and O–H groups in total. The first-order chi connectivity index (χ1) is 8.87. The quantitative estimate of drug-likeness (QED) is 0.894. The number of hydrogen-bond acceptors (Lipinski definition) is 3. The highest BCUT2D eigenvalue weighted by Gasteiger charge is 2.15. The molecule has 0 saturated heterocycles. The number of halogens is 1. The van der Waals surface area contributed by atoms with Gasteiger partial charge >= 0.3 is 0 Å². The van der Waals surface area contributed by atoms with Crippen molar-refractivity contribution in [3.8, 4) is 0 Å². The topological polar surface area (TPSA) is 45.1 Å². The molecule has 1 aromatic heterocycles. The van der Waals surface area contributed by atoms with Crippen LogP contribution in [-0.2, 0) is 0 Å². The number of para-hydroxylation sites is 1. The van der Waals surface area contributed by atoms with Crippen LogP contribution in [0.1, 0.15) is 32.6 Å². The normalized spacial score (nSPS) is 13.7. The Morgan fingerprint density at radius 3 is 2.68 bits per heavy atom. The van der Waals surface area contributed by atoms with E-state index in [0.717, 1.165) is 5.39 Å². The molecule has 0 radical (unpaired) electrons. The fourth-order valence-electron chi connectivity index (χ4n) is 1.82. The number of hydrogen-bond donors (Lipinski definition) is 2. The van der Waals surface area contributed by atoms with E-state index in [4.69, 9.17) is 0 Å². The van der Waals surface area contributed by atoms with Crippen molar-refractivity contribution in [2.45, 2.75) is 32.4 Å². The number of rotatable bonds is 3. The molecule has 1 aromatic carbocycles. The maximum atomic E-state index is 13.6. The van der Waals surface area contributed by atoms with E-state index in [0.29, 0.717) is 17.8 Å². The molecule has 102 valence electrons. The van der Waals surface area contributed by atoms with Crippen LogP contribution >= 0.6 is 0 Å². The van der Waals surface area contributed by atoms with Gasteiger partial charge in [-0.3, -0.25) is 0 Å². The lowest BCUT2D eigenvalue weighted by molar-refractivity contribution is 0.159. The predicted octanol–water partition coefficient (Wildman–Crippen LogP) is 2.80. The van der Waals surface area contributed by atoms with Gasteiger partial charge in [-0.15, -0.1) is 0 Å². The van der Waals surface area contributed by atoms with Gasteiger partial charge in [-0.25, -0.2) is 9.37 Å². The molecule has 0 aliphatic rings. The van der Waals surface area contributed by atoms with Crippen molar-refractivity contribution < 1.29 is 9.50 Å². The van der Waals surface area contributed by atoms with Crippen LogP contribution in [0.4, 0.5) is 4.39 Å². The molecule has 4 heteroatoms. The van der Waals surface area contributed by atoms with Crippen molar-refractivity contribution in [2.24, 2.45) is 0 Å². The summed E-state index contributed by atoms with van der Waals surface area (Å²) in [7, 11) is 0. The fraction of sp³-hybridized carbons (Fsp3) is 0.400. The standard InChI is InChI=1S/C15H19FN2O/c1-15(2,3)17-9-13(19)12-8-7-10-5-4-6-11(16)14(10)18-12/h4-8,13,17,19H,9H2,1-3H3/t13-/m0/s1. The van der Waals surface area contributed by atoms with Crippen LogP contribution in [0.5, 0.6) is 0 Å². The zero-order chi connectivity index (χ0) is 14.0. The van der Waals surface area contributed by atoms with Crippen molar-refractivity contribution >= 4 is 10.9 Å². The van der Waals surface area contributed by atoms with Crippen molar-refractivity contribution in [2.75, 3.05) is 6.54 Å². The SMILES string of the molecule is CC(C)(C)NC[C@H](O)c1ccc2cccc(F)c2n1. The van der Waals surface area contributed by atoms with E-state index in [2.05, 4.69) is 10.3 Å². The third-order valence-corrected chi connectivity index (χ3v) is 2.86. The van der Waals surface area contributed by atoms with Crippen LogP contribution in [0.3, 0.4) is 0 Å². The predicted molar refractivity (Wildman–Crippen MR) is 74.4 cm³/mol. The van der Waals surface area contributed by atoms with E-state index in [1.807, 2.05) is 20.8 Å². The lowest BCUT2D eigenvalue weighted by Crippen LogP contribution is -2.38. The molecule has 0 bridgehead atoms. The number of fused-ring (bicyclic) bond motifs is 1. The van der Waals surface area contributed by atoms with Gasteiger partial charge in [-0.2, -0.15) is 0 Å². The molecule has 0 saturated carbocycles. The van der Waals surface area contributed by atoms with Gasteiger partial charge in [-0.1, -0.05) is 18.2 Å². The number of aliphatic hydroxyl groups excluding tert-OH is 1. The largest absolute Gasteiger partial charge is 0.385 e. The van der Waals surface area contributed by atoms with Crippen LogP contribution in [0.25, 0.3) is 10.9 Å². The first-order valence-electron chi connectivity index (χ1n) is 6.35. The van der Waals surface area contributed by atoms with Crippen LogP contribution in [-0.4, -0.2) is 22.2 Å². The monoisotopic (exact) mass is 262 g/mol. The van der Waals surface area contributed by atoms with E-state index in [-0.39, 0.29) is 11.4 Å². The van der Waals surface area contributed by atoms with E-state index < -0.39 is 6.10 Å². The first kappa shape index (κ1) is 13.9. The molecule has 1 atom stereocenters. The Morgan fingerprint density at radius 2 is 2.00 bits per heavy atom. The van der Waals surface area contributed by atoms with Gasteiger partial charge in [0, 0.05) is 17.5 Å². The van der Waals surface area contributed by atoms with Crippen LogP contribution in [0.2, 0.25) is 0 Å². The second kappa shape index (κ2) is 5.23. The summed E-state index contributed by atoms with van der Waals surface area (Å²) in [5.74, 6) is -0.365. The molecular weight excluding hydrogens is 243 g/mol. The smallest absolute Gasteiger partial charge is 0.149 e. The number of aromatic nitrogens is 1. The zero-order valence-electron chi connectivity index (χ0n) is 11.4. The van der Waals surface area contributed by atoms with Gasteiger partial charge in [0.15, 0.2) is 0 Å². The highest BCUT2D eigenvalue weighted by Crippen LogP contribution is 2.19. The van der Waals surface area contributed by atoms with Crippen molar-refractivity contribution in [3.63, 3.8) is 0 Å². The van der Waals surface area contributed by atoms with Gasteiger partial charge < -0.3 is 10.4 Å². The summed E-state index contributed by atoms with van der Waals surface area (Å²) in [5.41, 5.74) is 0.701. The number of nitrogens with one attached hydrogen (secondary N) is 1. The highest BCUT2D eigenvalue weighted by atomic mass is 19.1. The molecule has 0 amide bonds. The van der Waals surface area contributed by atoms with Gasteiger partial charge in [0.25, 0.3) is 0 Å². The van der Waals surface area contributed by atoms with Gasteiger partial charge in [0.05, 0.1) is 5.69 Å². The Morgan fingerprint density at radius 1 is 1.26 bits per heavy atom. The minimum absolute atomic E-state index is 0.0803. The molecular formula is C15H19FN2O. The number of nitrogens with zero attached hydrogens (tertiary/aromatic N) is 1. The summed E-state index contributed by atoms with van der Waals surface area (Å²) in [5, 5.41) is 14.0. The Balaban J connectivity index is 2.23. The van der Waals surface area contributed by atoms with E-state index in [1.165, 1.54) is 6.07 Å². The van der Waals surface area contributed by atoms with Gasteiger partial charge in [0.2, 0.25) is 0 Å². The summed E-state index contributed by atoms with van der Waals surface area (Å²) in [6.45, 7) is 6.45. The van der Waals surface area contributed by atoms with Gasteiger partial charge in [-0.05, 0) is 32.9 Å². The maximum Gasteiger partial charge on any atom is 0.149 e. The number of β-amino-alcohol motifs (C(OH)–C–C–N with tert-alkyl or cyclic N) is 1. The minimum atomic E-state index is -0.747. The minimum Gasteiger partial charge on any atom is -0.385 e. The summed E-state index contributed by atoms with van der Waals surface area (Å²) in [6.07, 6.45) is -0.747. The Bertz CT molecular complexity index is 578. The van der Waals surface area contributed by atoms with E-state index in [1.54, 1.807) is 24.3 Å². The average molecular weight is 262 g/mol. The first-order valence-corrected chi connectivity index (χ1v) is 6.35. The summed E-state index contributed by atoms with van der Waals surface area (Å²) in [4.78, 5) is 4.21. The zero-order valence-corrected chi connectivity index (χ0v) is 11.4. The maximum absolute atomic E-state index is 13.6. The Labute approximate surface area is 112 Å². The Hall–Kier alpha value is -1.52. The molecule has 3 nitrogen and oxygen atoms in total. The molecule has 0 aliphatic heterocycles. The molecule has 2 aromatic rings. The molecule has 0 spiro atoms. The summed E-state index contributed by atoms with van der Waals surface area (Å²) < 4.78 is 13.6.